The van der Waals surface area contributed by atoms with Gasteiger partial charge in [0.25, 0.3) is 0 Å². The molecule has 22 heavy (non-hydrogen) atoms. The first-order valence-corrected chi connectivity index (χ1v) is 8.67. The van der Waals surface area contributed by atoms with Crippen LogP contribution in [-0.4, -0.2) is 13.7 Å². The Bertz CT molecular complexity index is 845. The SMILES string of the molecule is Cc1cc(NS(=O)(=O)C2CC2)ccc1-c1ccc(C#N)cc1. The molecule has 1 aliphatic carbocycles. The summed E-state index contributed by atoms with van der Waals surface area (Å²) >= 11 is 0. The van der Waals surface area contributed by atoms with Crippen molar-refractivity contribution < 1.29 is 8.42 Å². The van der Waals surface area contributed by atoms with E-state index in [2.05, 4.69) is 10.8 Å². The van der Waals surface area contributed by atoms with Crippen LogP contribution in [0.4, 0.5) is 5.69 Å². The maximum Gasteiger partial charge on any atom is 0.235 e. The van der Waals surface area contributed by atoms with Gasteiger partial charge in [-0.15, -0.1) is 0 Å². The van der Waals surface area contributed by atoms with Gasteiger partial charge in [0.05, 0.1) is 16.9 Å². The topological polar surface area (TPSA) is 70.0 Å². The van der Waals surface area contributed by atoms with Crippen molar-refractivity contribution in [2.75, 3.05) is 4.72 Å². The second-order valence-corrected chi connectivity index (χ2v) is 7.53. The van der Waals surface area contributed by atoms with Crippen LogP contribution in [0, 0.1) is 18.3 Å². The molecule has 0 spiro atoms. The summed E-state index contributed by atoms with van der Waals surface area (Å²) in [5.41, 5.74) is 4.24. The second-order valence-electron chi connectivity index (χ2n) is 5.57. The van der Waals surface area contributed by atoms with Crippen molar-refractivity contribution in [3.05, 3.63) is 53.6 Å². The van der Waals surface area contributed by atoms with Crippen LogP contribution in [0.15, 0.2) is 42.5 Å². The fourth-order valence-electron chi connectivity index (χ4n) is 2.40. The van der Waals surface area contributed by atoms with Crippen molar-refractivity contribution in [2.45, 2.75) is 25.0 Å². The number of nitriles is 1. The minimum Gasteiger partial charge on any atom is -0.283 e. The van der Waals surface area contributed by atoms with E-state index in [9.17, 15) is 8.42 Å². The Morgan fingerprint density at radius 2 is 1.82 bits per heavy atom. The molecule has 0 atom stereocenters. The molecule has 2 aromatic rings. The predicted octanol–water partition coefficient (Wildman–Crippen LogP) is 3.44. The van der Waals surface area contributed by atoms with Crippen LogP contribution in [0.25, 0.3) is 11.1 Å². The van der Waals surface area contributed by atoms with Crippen LogP contribution in [-0.2, 0) is 10.0 Å². The van der Waals surface area contributed by atoms with E-state index in [0.29, 0.717) is 11.3 Å². The number of anilines is 1. The van der Waals surface area contributed by atoms with Crippen molar-refractivity contribution in [3.63, 3.8) is 0 Å². The lowest BCUT2D eigenvalue weighted by atomic mass is 9.99. The lowest BCUT2D eigenvalue weighted by Crippen LogP contribution is -2.17. The van der Waals surface area contributed by atoms with Crippen LogP contribution in [0.5, 0.6) is 0 Å². The van der Waals surface area contributed by atoms with Gasteiger partial charge in [-0.05, 0) is 60.7 Å². The summed E-state index contributed by atoms with van der Waals surface area (Å²) in [6.45, 7) is 1.95. The monoisotopic (exact) mass is 312 g/mol. The summed E-state index contributed by atoms with van der Waals surface area (Å²) in [6, 6.07) is 15.0. The van der Waals surface area contributed by atoms with Crippen LogP contribution in [0.3, 0.4) is 0 Å². The van der Waals surface area contributed by atoms with Crippen molar-refractivity contribution >= 4 is 15.7 Å². The molecule has 1 aliphatic rings. The van der Waals surface area contributed by atoms with Gasteiger partial charge >= 0.3 is 0 Å². The number of sulfonamides is 1. The molecule has 0 aliphatic heterocycles. The van der Waals surface area contributed by atoms with E-state index in [1.807, 2.05) is 31.2 Å². The van der Waals surface area contributed by atoms with E-state index in [1.54, 1.807) is 18.2 Å². The zero-order valence-electron chi connectivity index (χ0n) is 12.2. The summed E-state index contributed by atoms with van der Waals surface area (Å²) in [6.07, 6.45) is 1.50. The molecular formula is C17H16N2O2S. The Kier molecular flexibility index (Phi) is 3.63. The highest BCUT2D eigenvalue weighted by Crippen LogP contribution is 2.31. The molecule has 0 amide bonds. The molecule has 0 bridgehead atoms. The smallest absolute Gasteiger partial charge is 0.235 e. The zero-order valence-corrected chi connectivity index (χ0v) is 13.0. The quantitative estimate of drug-likeness (QED) is 0.940. The number of hydrogen-bond acceptors (Lipinski definition) is 3. The van der Waals surface area contributed by atoms with Gasteiger partial charge in [-0.2, -0.15) is 5.26 Å². The lowest BCUT2D eigenvalue weighted by Gasteiger charge is -2.11. The molecule has 0 unspecified atom stereocenters. The summed E-state index contributed by atoms with van der Waals surface area (Å²) in [5.74, 6) is 0. The van der Waals surface area contributed by atoms with Crippen LogP contribution in [0.1, 0.15) is 24.0 Å². The van der Waals surface area contributed by atoms with Crippen molar-refractivity contribution in [1.29, 1.82) is 5.26 Å². The van der Waals surface area contributed by atoms with Crippen LogP contribution < -0.4 is 4.72 Å². The maximum atomic E-state index is 12.0. The summed E-state index contributed by atoms with van der Waals surface area (Å²) in [7, 11) is -3.23. The molecular weight excluding hydrogens is 296 g/mol. The third-order valence-electron chi connectivity index (χ3n) is 3.77. The standard InChI is InChI=1S/C17H16N2O2S/c1-12-10-15(19-22(20,21)16-7-8-16)6-9-17(12)14-4-2-13(11-18)3-5-14/h2-6,9-10,16,19H,7-8H2,1H3. The first-order valence-electron chi connectivity index (χ1n) is 7.12. The molecule has 0 radical (unpaired) electrons. The number of rotatable bonds is 4. The van der Waals surface area contributed by atoms with E-state index in [1.165, 1.54) is 0 Å². The van der Waals surface area contributed by atoms with Gasteiger partial charge in [-0.25, -0.2) is 8.42 Å². The predicted molar refractivity (Wildman–Crippen MR) is 86.9 cm³/mol. The molecule has 1 fully saturated rings. The Labute approximate surface area is 130 Å². The number of aryl methyl sites for hydroxylation is 1. The Hall–Kier alpha value is -2.32. The van der Waals surface area contributed by atoms with E-state index in [0.717, 1.165) is 29.5 Å². The zero-order chi connectivity index (χ0) is 15.7. The largest absolute Gasteiger partial charge is 0.283 e. The Morgan fingerprint density at radius 3 is 2.36 bits per heavy atom. The molecule has 0 aromatic heterocycles. The van der Waals surface area contributed by atoms with E-state index >= 15 is 0 Å². The minimum atomic E-state index is -3.23. The normalized spacial score (nSPS) is 14.4. The molecule has 0 saturated heterocycles. The van der Waals surface area contributed by atoms with Crippen LogP contribution in [0.2, 0.25) is 0 Å². The highest BCUT2D eigenvalue weighted by Gasteiger charge is 2.35. The number of nitrogens with zero attached hydrogens (tertiary/aromatic N) is 1. The maximum absolute atomic E-state index is 12.0. The van der Waals surface area contributed by atoms with Crippen molar-refractivity contribution in [1.82, 2.24) is 0 Å². The van der Waals surface area contributed by atoms with E-state index in [-0.39, 0.29) is 5.25 Å². The summed E-state index contributed by atoms with van der Waals surface area (Å²) in [4.78, 5) is 0. The van der Waals surface area contributed by atoms with Gasteiger partial charge in [0.15, 0.2) is 0 Å². The first-order chi connectivity index (χ1) is 10.5. The average molecular weight is 312 g/mol. The number of nitrogens with one attached hydrogen (secondary N) is 1. The lowest BCUT2D eigenvalue weighted by molar-refractivity contribution is 0.600. The number of benzene rings is 2. The molecule has 112 valence electrons. The molecule has 2 aromatic carbocycles. The Morgan fingerprint density at radius 1 is 1.14 bits per heavy atom. The third-order valence-corrected chi connectivity index (χ3v) is 5.64. The van der Waals surface area contributed by atoms with E-state index in [4.69, 9.17) is 5.26 Å². The third kappa shape index (κ3) is 2.97. The van der Waals surface area contributed by atoms with Gasteiger partial charge in [0.1, 0.15) is 0 Å². The van der Waals surface area contributed by atoms with Gasteiger partial charge in [-0.3, -0.25) is 4.72 Å². The van der Waals surface area contributed by atoms with Gasteiger partial charge in [0.2, 0.25) is 10.0 Å². The minimum absolute atomic E-state index is 0.231. The first kappa shape index (κ1) is 14.6. The molecule has 1 N–H and O–H groups in total. The molecule has 3 rings (SSSR count). The van der Waals surface area contributed by atoms with E-state index < -0.39 is 10.0 Å². The molecule has 4 nitrogen and oxygen atoms in total. The molecule has 5 heteroatoms. The fraction of sp³-hybridized carbons (Fsp3) is 0.235. The van der Waals surface area contributed by atoms with Gasteiger partial charge < -0.3 is 0 Å². The number of hydrogen-bond donors (Lipinski definition) is 1. The Balaban J connectivity index is 1.87. The summed E-state index contributed by atoms with van der Waals surface area (Å²) in [5, 5.41) is 8.60. The van der Waals surface area contributed by atoms with Crippen LogP contribution >= 0.6 is 0 Å². The van der Waals surface area contributed by atoms with Gasteiger partial charge in [0, 0.05) is 5.69 Å². The molecule has 0 heterocycles. The fourth-order valence-corrected chi connectivity index (χ4v) is 3.78. The second kappa shape index (κ2) is 5.47. The highest BCUT2D eigenvalue weighted by atomic mass is 32.2. The van der Waals surface area contributed by atoms with Crippen molar-refractivity contribution in [3.8, 4) is 17.2 Å². The molecule has 1 saturated carbocycles. The summed E-state index contributed by atoms with van der Waals surface area (Å²) < 4.78 is 26.6. The average Bonchev–Trinajstić information content (AvgIpc) is 3.32. The van der Waals surface area contributed by atoms with Crippen molar-refractivity contribution in [2.24, 2.45) is 0 Å². The highest BCUT2D eigenvalue weighted by molar-refractivity contribution is 7.93. The van der Waals surface area contributed by atoms with Gasteiger partial charge in [-0.1, -0.05) is 18.2 Å².